The molecule has 1 aliphatic heterocycles. The molecule has 0 bridgehead atoms. The SMILES string of the molecule is Cc1ccc(/C=C/C2=NC(=C\C=C\c3ccccc3)/C(=O)O2)cc1. The Morgan fingerprint density at radius 1 is 0.875 bits per heavy atom. The largest absolute Gasteiger partial charge is 0.403 e. The van der Waals surface area contributed by atoms with Crippen LogP contribution in [0.15, 0.2) is 83.5 Å². The standard InChI is InChI=1S/C21H17NO2/c1-16-10-12-18(13-11-16)14-15-20-22-19(21(23)24-20)9-5-8-17-6-3-2-4-7-17/h2-15H,1H3/b8-5+,15-14+,19-9-. The maximum absolute atomic E-state index is 11.8. The Labute approximate surface area is 141 Å². The number of nitrogens with zero attached hydrogens (tertiary/aromatic N) is 1. The molecule has 0 spiro atoms. The van der Waals surface area contributed by atoms with E-state index in [-0.39, 0.29) is 0 Å². The zero-order valence-corrected chi connectivity index (χ0v) is 13.3. The lowest BCUT2D eigenvalue weighted by Gasteiger charge is -1.94. The summed E-state index contributed by atoms with van der Waals surface area (Å²) >= 11 is 0. The van der Waals surface area contributed by atoms with Crippen molar-refractivity contribution in [1.82, 2.24) is 0 Å². The minimum atomic E-state index is -0.434. The highest BCUT2D eigenvalue weighted by Gasteiger charge is 2.20. The Balaban J connectivity index is 1.69. The van der Waals surface area contributed by atoms with Crippen LogP contribution in [0, 0.1) is 6.92 Å². The fraction of sp³-hybridized carbons (Fsp3) is 0.0476. The predicted octanol–water partition coefficient (Wildman–Crippen LogP) is 4.56. The number of aryl methyl sites for hydroxylation is 1. The van der Waals surface area contributed by atoms with Crippen LogP contribution < -0.4 is 0 Å². The molecule has 24 heavy (non-hydrogen) atoms. The Morgan fingerprint density at radius 3 is 2.33 bits per heavy atom. The smallest absolute Gasteiger partial charge is 0.363 e. The second kappa shape index (κ2) is 7.38. The first-order valence-corrected chi connectivity index (χ1v) is 7.70. The molecule has 3 heteroatoms. The molecule has 0 amide bonds. The molecule has 0 fully saturated rings. The molecule has 0 aliphatic carbocycles. The second-order valence-electron chi connectivity index (χ2n) is 5.41. The molecule has 1 aliphatic rings. The molecule has 0 saturated carbocycles. The normalized spacial score (nSPS) is 16.1. The van der Waals surface area contributed by atoms with E-state index in [0.29, 0.717) is 11.6 Å². The van der Waals surface area contributed by atoms with Gasteiger partial charge in [-0.05, 0) is 30.2 Å². The van der Waals surface area contributed by atoms with Gasteiger partial charge in [-0.1, -0.05) is 72.3 Å². The highest BCUT2D eigenvalue weighted by molar-refractivity contribution is 6.09. The molecule has 0 atom stereocenters. The maximum Gasteiger partial charge on any atom is 0.363 e. The van der Waals surface area contributed by atoms with Crippen molar-refractivity contribution in [3.05, 3.63) is 95.2 Å². The van der Waals surface area contributed by atoms with E-state index in [1.807, 2.05) is 73.7 Å². The van der Waals surface area contributed by atoms with Crippen LogP contribution in [0.2, 0.25) is 0 Å². The van der Waals surface area contributed by atoms with Crippen LogP contribution in [0.3, 0.4) is 0 Å². The van der Waals surface area contributed by atoms with Crippen molar-refractivity contribution in [1.29, 1.82) is 0 Å². The molecule has 3 nitrogen and oxygen atoms in total. The van der Waals surface area contributed by atoms with E-state index in [1.54, 1.807) is 18.2 Å². The number of carbonyl (C=O) groups is 1. The molecule has 2 aromatic rings. The summed E-state index contributed by atoms with van der Waals surface area (Å²) in [7, 11) is 0. The predicted molar refractivity (Wildman–Crippen MR) is 97.3 cm³/mol. The molecule has 118 valence electrons. The van der Waals surface area contributed by atoms with Crippen molar-refractivity contribution < 1.29 is 9.53 Å². The highest BCUT2D eigenvalue weighted by atomic mass is 16.6. The molecule has 0 aromatic heterocycles. The van der Waals surface area contributed by atoms with Gasteiger partial charge in [-0.2, -0.15) is 0 Å². The molecular weight excluding hydrogens is 298 g/mol. The third-order valence-corrected chi connectivity index (χ3v) is 3.48. The highest BCUT2D eigenvalue weighted by Crippen LogP contribution is 2.14. The molecule has 2 aromatic carbocycles. The average molecular weight is 315 g/mol. The number of aliphatic imine (C=N–C) groups is 1. The molecule has 3 rings (SSSR count). The summed E-state index contributed by atoms with van der Waals surface area (Å²) in [6.45, 7) is 2.04. The summed E-state index contributed by atoms with van der Waals surface area (Å²) in [4.78, 5) is 16.0. The summed E-state index contributed by atoms with van der Waals surface area (Å²) in [6.07, 6.45) is 8.93. The average Bonchev–Trinajstić information content (AvgIpc) is 2.95. The van der Waals surface area contributed by atoms with Gasteiger partial charge < -0.3 is 4.74 Å². The number of hydrogen-bond donors (Lipinski definition) is 0. The van der Waals surface area contributed by atoms with Gasteiger partial charge in [0.15, 0.2) is 5.70 Å². The van der Waals surface area contributed by atoms with Gasteiger partial charge >= 0.3 is 5.97 Å². The number of ether oxygens (including phenoxy) is 1. The van der Waals surface area contributed by atoms with E-state index in [2.05, 4.69) is 4.99 Å². The number of benzene rings is 2. The van der Waals surface area contributed by atoms with Crippen molar-refractivity contribution in [3.63, 3.8) is 0 Å². The van der Waals surface area contributed by atoms with Crippen LogP contribution in [0.1, 0.15) is 16.7 Å². The number of allylic oxidation sites excluding steroid dienone is 2. The minimum absolute atomic E-state index is 0.297. The number of hydrogen-bond acceptors (Lipinski definition) is 3. The first-order chi connectivity index (χ1) is 11.7. The fourth-order valence-corrected chi connectivity index (χ4v) is 2.17. The van der Waals surface area contributed by atoms with Gasteiger partial charge in [0.25, 0.3) is 0 Å². The van der Waals surface area contributed by atoms with Gasteiger partial charge in [0.2, 0.25) is 5.90 Å². The third-order valence-electron chi connectivity index (χ3n) is 3.48. The van der Waals surface area contributed by atoms with E-state index in [4.69, 9.17) is 4.74 Å². The van der Waals surface area contributed by atoms with Crippen LogP contribution in [0.4, 0.5) is 0 Å². The van der Waals surface area contributed by atoms with Crippen molar-refractivity contribution in [2.75, 3.05) is 0 Å². The summed E-state index contributed by atoms with van der Waals surface area (Å²) in [6, 6.07) is 17.9. The summed E-state index contributed by atoms with van der Waals surface area (Å²) < 4.78 is 5.14. The van der Waals surface area contributed by atoms with Crippen molar-refractivity contribution in [2.45, 2.75) is 6.92 Å². The van der Waals surface area contributed by atoms with E-state index in [9.17, 15) is 4.79 Å². The van der Waals surface area contributed by atoms with Gasteiger partial charge in [-0.3, -0.25) is 0 Å². The van der Waals surface area contributed by atoms with Gasteiger partial charge in [0.1, 0.15) is 0 Å². The zero-order chi connectivity index (χ0) is 16.8. The molecule has 0 radical (unpaired) electrons. The number of cyclic esters (lactones) is 1. The fourth-order valence-electron chi connectivity index (χ4n) is 2.17. The first-order valence-electron chi connectivity index (χ1n) is 7.70. The zero-order valence-electron chi connectivity index (χ0n) is 13.3. The number of carbonyl (C=O) groups excluding carboxylic acids is 1. The van der Waals surface area contributed by atoms with E-state index >= 15 is 0 Å². The Bertz CT molecular complexity index is 841. The van der Waals surface area contributed by atoms with Crippen molar-refractivity contribution >= 4 is 24.0 Å². The Kier molecular flexibility index (Phi) is 4.82. The topological polar surface area (TPSA) is 38.7 Å². The number of esters is 1. The van der Waals surface area contributed by atoms with E-state index in [0.717, 1.165) is 11.1 Å². The summed E-state index contributed by atoms with van der Waals surface area (Å²) in [5, 5.41) is 0. The monoisotopic (exact) mass is 315 g/mol. The minimum Gasteiger partial charge on any atom is -0.403 e. The Hall–Kier alpha value is -3.20. The van der Waals surface area contributed by atoms with Crippen LogP contribution >= 0.6 is 0 Å². The van der Waals surface area contributed by atoms with Gasteiger partial charge in [-0.15, -0.1) is 0 Å². The number of rotatable bonds is 4. The summed E-state index contributed by atoms with van der Waals surface area (Å²) in [5.41, 5.74) is 3.59. The second-order valence-corrected chi connectivity index (χ2v) is 5.41. The lowest BCUT2D eigenvalue weighted by molar-refractivity contribution is -0.129. The first kappa shape index (κ1) is 15.7. The quantitative estimate of drug-likeness (QED) is 0.613. The van der Waals surface area contributed by atoms with Crippen LogP contribution in [0.25, 0.3) is 12.2 Å². The molecular formula is C21H17NO2. The van der Waals surface area contributed by atoms with Crippen molar-refractivity contribution in [2.24, 2.45) is 4.99 Å². The van der Waals surface area contributed by atoms with Gasteiger partial charge in [0, 0.05) is 6.08 Å². The maximum atomic E-state index is 11.8. The molecule has 0 saturated heterocycles. The molecule has 0 unspecified atom stereocenters. The van der Waals surface area contributed by atoms with Crippen LogP contribution in [-0.4, -0.2) is 11.9 Å². The van der Waals surface area contributed by atoms with E-state index < -0.39 is 5.97 Å². The lowest BCUT2D eigenvalue weighted by atomic mass is 10.1. The molecule has 1 heterocycles. The van der Waals surface area contributed by atoms with Gasteiger partial charge in [0.05, 0.1) is 0 Å². The summed E-state index contributed by atoms with van der Waals surface area (Å²) in [5.74, 6) is -0.129. The third kappa shape index (κ3) is 4.17. The van der Waals surface area contributed by atoms with Crippen LogP contribution in [-0.2, 0) is 9.53 Å². The van der Waals surface area contributed by atoms with Gasteiger partial charge in [-0.25, -0.2) is 9.79 Å². The lowest BCUT2D eigenvalue weighted by Crippen LogP contribution is -2.00. The van der Waals surface area contributed by atoms with E-state index in [1.165, 1.54) is 5.56 Å². The molecule has 0 N–H and O–H groups in total. The van der Waals surface area contributed by atoms with Crippen LogP contribution in [0.5, 0.6) is 0 Å². The van der Waals surface area contributed by atoms with Crippen molar-refractivity contribution in [3.8, 4) is 0 Å². The Morgan fingerprint density at radius 2 is 1.58 bits per heavy atom.